The second kappa shape index (κ2) is 8.44. The highest BCUT2D eigenvalue weighted by Crippen LogP contribution is 2.36. The number of nitrogens with zero attached hydrogens (tertiary/aromatic N) is 3. The number of para-hydroxylation sites is 2. The van der Waals surface area contributed by atoms with Crippen molar-refractivity contribution < 1.29 is 5.11 Å². The lowest BCUT2D eigenvalue weighted by molar-refractivity contribution is 0.00926. The predicted octanol–water partition coefficient (Wildman–Crippen LogP) is 2.56. The van der Waals surface area contributed by atoms with E-state index in [0.717, 1.165) is 30.3 Å². The zero-order chi connectivity index (χ0) is 22.0. The molecule has 162 valence electrons. The van der Waals surface area contributed by atoms with E-state index in [1.807, 2.05) is 24.3 Å². The number of aliphatic hydroxyl groups excluding tert-OH is 1. The number of H-pyrrole nitrogens is 1. The quantitative estimate of drug-likeness (QED) is 0.457. The first kappa shape index (κ1) is 20.9. The van der Waals surface area contributed by atoms with Crippen LogP contribution in [0.3, 0.4) is 0 Å². The maximum Gasteiger partial charge on any atom is 0.326 e. The summed E-state index contributed by atoms with van der Waals surface area (Å²) in [5.74, 6) is 3.69. The van der Waals surface area contributed by atoms with Gasteiger partial charge in [-0.1, -0.05) is 31.9 Å². The number of nitrogens with one attached hydrogen (secondary N) is 3. The normalized spacial score (nSPS) is 20.3. The minimum atomic E-state index is -0.298. The molecule has 1 fully saturated rings. The van der Waals surface area contributed by atoms with Crippen molar-refractivity contribution in [3.63, 3.8) is 0 Å². The molecule has 1 aromatic carbocycles. The number of hydrogen-bond donors (Lipinski definition) is 4. The van der Waals surface area contributed by atoms with Crippen LogP contribution in [-0.2, 0) is 6.54 Å². The van der Waals surface area contributed by atoms with Crippen LogP contribution in [0.2, 0.25) is 0 Å². The molecule has 2 heterocycles. The number of benzene rings is 1. The Morgan fingerprint density at radius 3 is 2.94 bits per heavy atom. The molecule has 2 aromatic heterocycles. The van der Waals surface area contributed by atoms with Crippen LogP contribution >= 0.6 is 0 Å². The Kier molecular flexibility index (Phi) is 5.70. The van der Waals surface area contributed by atoms with Gasteiger partial charge in [0.05, 0.1) is 28.9 Å². The summed E-state index contributed by atoms with van der Waals surface area (Å²) >= 11 is 0. The summed E-state index contributed by atoms with van der Waals surface area (Å²) in [7, 11) is 0. The number of aromatic nitrogens is 4. The maximum absolute atomic E-state index is 12.2. The number of imidazole rings is 1. The van der Waals surface area contributed by atoms with Gasteiger partial charge < -0.3 is 20.7 Å². The van der Waals surface area contributed by atoms with E-state index in [-0.39, 0.29) is 23.3 Å². The van der Waals surface area contributed by atoms with Crippen molar-refractivity contribution >= 4 is 22.8 Å². The summed E-state index contributed by atoms with van der Waals surface area (Å²) in [6.07, 6.45) is 9.39. The van der Waals surface area contributed by atoms with Crippen LogP contribution in [0.15, 0.2) is 35.3 Å². The number of rotatable bonds is 6. The largest absolute Gasteiger partial charge is 0.393 e. The van der Waals surface area contributed by atoms with Crippen molar-refractivity contribution in [3.05, 3.63) is 46.5 Å². The van der Waals surface area contributed by atoms with E-state index in [9.17, 15) is 9.90 Å². The lowest BCUT2D eigenvalue weighted by Crippen LogP contribution is -2.41. The Morgan fingerprint density at radius 2 is 2.16 bits per heavy atom. The predicted molar refractivity (Wildman–Crippen MR) is 122 cm³/mol. The second-order valence-corrected chi connectivity index (χ2v) is 8.75. The Balaban J connectivity index is 1.44. The van der Waals surface area contributed by atoms with Gasteiger partial charge in [-0.15, -0.1) is 6.42 Å². The summed E-state index contributed by atoms with van der Waals surface area (Å²) in [4.78, 5) is 23.9. The molecule has 0 aliphatic heterocycles. The lowest BCUT2D eigenvalue weighted by Gasteiger charge is -2.40. The highest BCUT2D eigenvalue weighted by molar-refractivity contribution is 5.74. The molecular formula is C23H28N6O2. The van der Waals surface area contributed by atoms with Crippen LogP contribution in [0.25, 0.3) is 11.0 Å². The van der Waals surface area contributed by atoms with Crippen molar-refractivity contribution in [3.8, 4) is 12.3 Å². The second-order valence-electron chi connectivity index (χ2n) is 8.75. The number of anilines is 2. The molecule has 0 unspecified atom stereocenters. The van der Waals surface area contributed by atoms with Crippen LogP contribution in [0.1, 0.15) is 38.7 Å². The van der Waals surface area contributed by atoms with Crippen molar-refractivity contribution in [2.24, 2.45) is 5.41 Å². The first-order valence-electron chi connectivity index (χ1n) is 10.6. The van der Waals surface area contributed by atoms with Gasteiger partial charge in [0, 0.05) is 19.1 Å². The number of hydrogen-bond acceptors (Lipinski definition) is 6. The average molecular weight is 421 g/mol. The maximum atomic E-state index is 12.2. The van der Waals surface area contributed by atoms with Gasteiger partial charge in [-0.25, -0.2) is 9.78 Å². The van der Waals surface area contributed by atoms with Crippen LogP contribution in [-0.4, -0.2) is 43.3 Å². The van der Waals surface area contributed by atoms with Gasteiger partial charge >= 0.3 is 5.69 Å². The minimum absolute atomic E-state index is 0.143. The highest BCUT2D eigenvalue weighted by Gasteiger charge is 2.35. The molecule has 0 spiro atoms. The molecule has 4 rings (SSSR count). The Morgan fingerprint density at radius 1 is 1.35 bits per heavy atom. The fourth-order valence-electron chi connectivity index (χ4n) is 4.23. The summed E-state index contributed by atoms with van der Waals surface area (Å²) in [6.45, 7) is 5.11. The molecule has 31 heavy (non-hydrogen) atoms. The molecule has 1 aliphatic rings. The van der Waals surface area contributed by atoms with Gasteiger partial charge in [0.2, 0.25) is 5.95 Å². The molecule has 8 nitrogen and oxygen atoms in total. The standard InChI is InChI=1S/C23H28N6O2/c1-4-15-14-25-21(28-20(15)26-16-9-10-19(30)23(2,3)13-16)24-11-12-29-18-8-6-5-7-17(18)27-22(29)31/h1,5-8,14,16,19,30H,9-13H2,2-3H3,(H,27,31)(H2,24,25,26,28)/t16-,19+/m1/s1. The highest BCUT2D eigenvalue weighted by atomic mass is 16.3. The first-order valence-corrected chi connectivity index (χ1v) is 10.6. The summed E-state index contributed by atoms with van der Waals surface area (Å²) in [6, 6.07) is 7.77. The van der Waals surface area contributed by atoms with Gasteiger partial charge in [0.15, 0.2) is 0 Å². The zero-order valence-electron chi connectivity index (χ0n) is 17.9. The Labute approximate surface area is 181 Å². The average Bonchev–Trinajstić information content (AvgIpc) is 3.06. The first-order chi connectivity index (χ1) is 14.9. The van der Waals surface area contributed by atoms with Crippen LogP contribution in [0, 0.1) is 17.8 Å². The molecule has 2 atom stereocenters. The Bertz CT molecular complexity index is 1170. The van der Waals surface area contributed by atoms with Gasteiger partial charge in [0.1, 0.15) is 5.82 Å². The molecule has 1 saturated carbocycles. The van der Waals surface area contributed by atoms with Gasteiger partial charge in [0.25, 0.3) is 0 Å². The van der Waals surface area contributed by atoms with Crippen molar-refractivity contribution in [1.82, 2.24) is 19.5 Å². The van der Waals surface area contributed by atoms with Crippen LogP contribution < -0.4 is 16.3 Å². The number of aromatic amines is 1. The van der Waals surface area contributed by atoms with E-state index < -0.39 is 0 Å². The zero-order valence-corrected chi connectivity index (χ0v) is 17.9. The van der Waals surface area contributed by atoms with E-state index in [1.165, 1.54) is 0 Å². The molecule has 4 N–H and O–H groups in total. The summed E-state index contributed by atoms with van der Waals surface area (Å²) in [5, 5.41) is 16.8. The topological polar surface area (TPSA) is 108 Å². The van der Waals surface area contributed by atoms with Crippen molar-refractivity contribution in [2.75, 3.05) is 17.2 Å². The third-order valence-corrected chi connectivity index (χ3v) is 6.05. The monoisotopic (exact) mass is 420 g/mol. The van der Waals surface area contributed by atoms with Gasteiger partial charge in [-0.2, -0.15) is 4.98 Å². The Hall–Kier alpha value is -3.31. The molecule has 0 amide bonds. The van der Waals surface area contributed by atoms with Crippen LogP contribution in [0.5, 0.6) is 0 Å². The third kappa shape index (κ3) is 4.42. The molecular weight excluding hydrogens is 392 g/mol. The minimum Gasteiger partial charge on any atom is -0.393 e. The molecule has 8 heteroatoms. The number of fused-ring (bicyclic) bond motifs is 1. The van der Waals surface area contributed by atoms with E-state index in [0.29, 0.717) is 30.4 Å². The fraction of sp³-hybridized carbons (Fsp3) is 0.435. The summed E-state index contributed by atoms with van der Waals surface area (Å²) < 4.78 is 1.69. The molecule has 0 saturated heterocycles. The van der Waals surface area contributed by atoms with E-state index in [4.69, 9.17) is 6.42 Å². The lowest BCUT2D eigenvalue weighted by atomic mass is 9.73. The van der Waals surface area contributed by atoms with Crippen LogP contribution in [0.4, 0.5) is 11.8 Å². The molecule has 1 aliphatic carbocycles. The molecule has 0 radical (unpaired) electrons. The molecule has 0 bridgehead atoms. The fourth-order valence-corrected chi connectivity index (χ4v) is 4.23. The number of aliphatic hydroxyl groups is 1. The number of terminal acetylenes is 1. The van der Waals surface area contributed by atoms with Gasteiger partial charge in [-0.05, 0) is 36.8 Å². The SMILES string of the molecule is C#Cc1cnc(NCCn2c(=O)[nH]c3ccccc32)nc1N[C@@H]1CC[C@H](O)C(C)(C)C1. The van der Waals surface area contributed by atoms with Crippen molar-refractivity contribution in [1.29, 1.82) is 0 Å². The van der Waals surface area contributed by atoms with Crippen molar-refractivity contribution in [2.45, 2.75) is 51.8 Å². The smallest absolute Gasteiger partial charge is 0.326 e. The third-order valence-electron chi connectivity index (χ3n) is 6.05. The van der Waals surface area contributed by atoms with Gasteiger partial charge in [-0.3, -0.25) is 4.57 Å². The van der Waals surface area contributed by atoms with E-state index in [1.54, 1.807) is 10.8 Å². The summed E-state index contributed by atoms with van der Waals surface area (Å²) in [5.41, 5.74) is 1.97. The van der Waals surface area contributed by atoms with E-state index >= 15 is 0 Å². The van der Waals surface area contributed by atoms with E-state index in [2.05, 4.69) is 45.4 Å². The molecule has 3 aromatic rings.